The summed E-state index contributed by atoms with van der Waals surface area (Å²) in [7, 11) is 0. The van der Waals surface area contributed by atoms with E-state index in [4.69, 9.17) is 5.11 Å². The van der Waals surface area contributed by atoms with Crippen molar-refractivity contribution in [2.24, 2.45) is 0 Å². The van der Waals surface area contributed by atoms with Crippen molar-refractivity contribution in [2.75, 3.05) is 0 Å². The van der Waals surface area contributed by atoms with Gasteiger partial charge in [0.05, 0.1) is 4.92 Å². The van der Waals surface area contributed by atoms with Crippen LogP contribution in [-0.4, -0.2) is 22.3 Å². The summed E-state index contributed by atoms with van der Waals surface area (Å²) in [5.74, 6) is 0. The first-order valence-corrected chi connectivity index (χ1v) is 4.78. The van der Waals surface area contributed by atoms with Crippen LogP contribution in [0.2, 0.25) is 0 Å². The molecule has 2 unspecified atom stereocenters. The van der Waals surface area contributed by atoms with Crippen molar-refractivity contribution in [3.8, 4) is 0 Å². The first-order chi connectivity index (χ1) is 8.14. The fraction of sp³-hybridized carbons (Fsp3) is 0.400. The molecule has 0 aliphatic carbocycles. The van der Waals surface area contributed by atoms with E-state index in [9.17, 15) is 27.7 Å². The van der Waals surface area contributed by atoms with Crippen molar-refractivity contribution < 1.29 is 27.6 Å². The molecular weight excluding hydrogens is 258 g/mol. The highest BCUT2D eigenvalue weighted by atomic mass is 19.4. The Morgan fingerprint density at radius 3 is 2.33 bits per heavy atom. The second-order valence-electron chi connectivity index (χ2n) is 3.69. The number of aryl methyl sites for hydroxylation is 1. The van der Waals surface area contributed by atoms with Gasteiger partial charge in [-0.3, -0.25) is 10.1 Å². The number of nitrogens with zero attached hydrogens (tertiary/aromatic N) is 1. The number of hydrogen-bond acceptors (Lipinski definition) is 3. The highest BCUT2D eigenvalue weighted by molar-refractivity contribution is 5.40. The summed E-state index contributed by atoms with van der Waals surface area (Å²) >= 11 is 0. The van der Waals surface area contributed by atoms with Gasteiger partial charge in [0.2, 0.25) is 0 Å². The van der Waals surface area contributed by atoms with E-state index in [1.54, 1.807) is 0 Å². The molecule has 0 radical (unpaired) electrons. The molecule has 100 valence electrons. The number of nitro benzene ring substituents is 1. The van der Waals surface area contributed by atoms with Gasteiger partial charge in [-0.05, 0) is 24.1 Å². The van der Waals surface area contributed by atoms with Gasteiger partial charge in [0, 0.05) is 12.1 Å². The predicted octanol–water partition coefficient (Wildman–Crippen LogP) is 2.84. The van der Waals surface area contributed by atoms with Gasteiger partial charge < -0.3 is 5.11 Å². The normalized spacial score (nSPS) is 15.2. The highest BCUT2D eigenvalue weighted by Gasteiger charge is 2.45. The van der Waals surface area contributed by atoms with Crippen molar-refractivity contribution >= 4 is 5.69 Å². The minimum absolute atomic E-state index is 0.0278. The highest BCUT2D eigenvalue weighted by Crippen LogP contribution is 2.34. The lowest BCUT2D eigenvalue weighted by molar-refractivity contribution is -0.384. The maximum absolute atomic E-state index is 13.5. The Labute approximate surface area is 99.0 Å². The van der Waals surface area contributed by atoms with Crippen LogP contribution in [0.3, 0.4) is 0 Å². The first kappa shape index (κ1) is 14.4. The zero-order valence-electron chi connectivity index (χ0n) is 9.11. The fourth-order valence-corrected chi connectivity index (χ4v) is 1.42. The molecule has 0 saturated heterocycles. The van der Waals surface area contributed by atoms with Crippen LogP contribution in [0, 0.1) is 17.0 Å². The summed E-state index contributed by atoms with van der Waals surface area (Å²) < 4.78 is 49.9. The molecule has 0 heterocycles. The number of aliphatic hydroxyl groups is 1. The van der Waals surface area contributed by atoms with Crippen molar-refractivity contribution in [2.45, 2.75) is 25.4 Å². The van der Waals surface area contributed by atoms with Crippen LogP contribution < -0.4 is 0 Å². The summed E-state index contributed by atoms with van der Waals surface area (Å²) in [5, 5.41) is 19.2. The quantitative estimate of drug-likeness (QED) is 0.520. The average Bonchev–Trinajstić information content (AvgIpc) is 2.25. The lowest BCUT2D eigenvalue weighted by Crippen LogP contribution is -2.33. The molecule has 0 amide bonds. The number of aliphatic hydroxyl groups excluding tert-OH is 1. The monoisotopic (exact) mass is 267 g/mol. The molecule has 4 nitrogen and oxygen atoms in total. The van der Waals surface area contributed by atoms with E-state index in [0.29, 0.717) is 0 Å². The average molecular weight is 267 g/mol. The molecule has 0 aliphatic heterocycles. The molecule has 0 fully saturated rings. The predicted molar refractivity (Wildman–Crippen MR) is 53.7 cm³/mol. The molecule has 1 N–H and O–H groups in total. The zero-order valence-corrected chi connectivity index (χ0v) is 9.11. The van der Waals surface area contributed by atoms with Crippen molar-refractivity contribution in [3.05, 3.63) is 39.4 Å². The Morgan fingerprint density at radius 1 is 1.39 bits per heavy atom. The van der Waals surface area contributed by atoms with Gasteiger partial charge in [0.25, 0.3) is 5.69 Å². The summed E-state index contributed by atoms with van der Waals surface area (Å²) in [6, 6.07) is 2.70. The molecule has 0 spiro atoms. The number of halogens is 4. The third kappa shape index (κ3) is 2.95. The molecule has 18 heavy (non-hydrogen) atoms. The molecule has 8 heteroatoms. The topological polar surface area (TPSA) is 63.4 Å². The van der Waals surface area contributed by atoms with Gasteiger partial charge >= 0.3 is 6.18 Å². The number of non-ortho nitro benzene ring substituents is 1. The van der Waals surface area contributed by atoms with Crippen LogP contribution in [0.5, 0.6) is 0 Å². The standard InChI is InChI=1S/C10H9F4NO3/c1-5-4-6(15(17)18)2-3-7(5)8(11)9(16)10(12,13)14/h2-4,8-9,16H,1H3. The van der Waals surface area contributed by atoms with Crippen LogP contribution in [0.1, 0.15) is 17.3 Å². The number of rotatable bonds is 3. The van der Waals surface area contributed by atoms with Gasteiger partial charge in [0.15, 0.2) is 12.3 Å². The summed E-state index contributed by atoms with van der Waals surface area (Å²) in [6.45, 7) is 1.23. The summed E-state index contributed by atoms with van der Waals surface area (Å²) in [5.41, 5.74) is -0.810. The Balaban J connectivity index is 3.08. The number of hydrogen-bond donors (Lipinski definition) is 1. The Bertz CT molecular complexity index is 461. The smallest absolute Gasteiger partial charge is 0.381 e. The van der Waals surface area contributed by atoms with Gasteiger partial charge in [-0.1, -0.05) is 0 Å². The van der Waals surface area contributed by atoms with E-state index in [-0.39, 0.29) is 11.3 Å². The fourth-order valence-electron chi connectivity index (χ4n) is 1.42. The van der Waals surface area contributed by atoms with E-state index in [2.05, 4.69) is 0 Å². The lowest BCUT2D eigenvalue weighted by Gasteiger charge is -2.20. The minimum atomic E-state index is -5.09. The van der Waals surface area contributed by atoms with E-state index in [1.165, 1.54) is 6.92 Å². The summed E-state index contributed by atoms with van der Waals surface area (Å²) in [6.07, 6.45) is -10.9. The molecule has 1 aromatic rings. The number of nitro groups is 1. The summed E-state index contributed by atoms with van der Waals surface area (Å²) in [4.78, 5) is 9.66. The van der Waals surface area contributed by atoms with Gasteiger partial charge in [-0.25, -0.2) is 4.39 Å². The Kier molecular flexibility index (Phi) is 3.90. The molecule has 0 bridgehead atoms. The van der Waals surface area contributed by atoms with Gasteiger partial charge in [0.1, 0.15) is 0 Å². The van der Waals surface area contributed by atoms with Crippen LogP contribution in [0.25, 0.3) is 0 Å². The molecule has 0 aliphatic rings. The van der Waals surface area contributed by atoms with Gasteiger partial charge in [-0.2, -0.15) is 13.2 Å². The second-order valence-corrected chi connectivity index (χ2v) is 3.69. The van der Waals surface area contributed by atoms with Crippen molar-refractivity contribution in [1.29, 1.82) is 0 Å². The molecule has 1 rings (SSSR count). The van der Waals surface area contributed by atoms with E-state index in [0.717, 1.165) is 18.2 Å². The zero-order chi connectivity index (χ0) is 14.1. The van der Waals surface area contributed by atoms with E-state index >= 15 is 0 Å². The van der Waals surface area contributed by atoms with E-state index in [1.807, 2.05) is 0 Å². The lowest BCUT2D eigenvalue weighted by atomic mass is 10.00. The number of alkyl halides is 4. The van der Waals surface area contributed by atoms with Crippen LogP contribution >= 0.6 is 0 Å². The molecule has 1 aromatic carbocycles. The molecule has 2 atom stereocenters. The molecule has 0 aromatic heterocycles. The van der Waals surface area contributed by atoms with E-state index < -0.39 is 28.9 Å². The van der Waals surface area contributed by atoms with Crippen molar-refractivity contribution in [3.63, 3.8) is 0 Å². The van der Waals surface area contributed by atoms with Crippen molar-refractivity contribution in [1.82, 2.24) is 0 Å². The second kappa shape index (κ2) is 4.89. The minimum Gasteiger partial charge on any atom is -0.381 e. The largest absolute Gasteiger partial charge is 0.417 e. The maximum Gasteiger partial charge on any atom is 0.417 e. The third-order valence-corrected chi connectivity index (χ3v) is 2.37. The van der Waals surface area contributed by atoms with Gasteiger partial charge in [-0.15, -0.1) is 0 Å². The van der Waals surface area contributed by atoms with Crippen LogP contribution in [0.4, 0.5) is 23.2 Å². The van der Waals surface area contributed by atoms with Crippen LogP contribution in [-0.2, 0) is 0 Å². The first-order valence-electron chi connectivity index (χ1n) is 4.78. The Hall–Kier alpha value is -1.70. The SMILES string of the molecule is Cc1cc([N+](=O)[O-])ccc1C(F)C(O)C(F)(F)F. The number of benzene rings is 1. The molecule has 0 saturated carbocycles. The van der Waals surface area contributed by atoms with Crippen LogP contribution in [0.15, 0.2) is 18.2 Å². The maximum atomic E-state index is 13.5. The Morgan fingerprint density at radius 2 is 1.94 bits per heavy atom. The molecular formula is C10H9F4NO3. The third-order valence-electron chi connectivity index (χ3n) is 2.37.